The Morgan fingerprint density at radius 2 is 2.43 bits per heavy atom. The number of nitrogens with one attached hydrogen (secondary N) is 1. The zero-order valence-corrected chi connectivity index (χ0v) is 7.84. The van der Waals surface area contributed by atoms with Gasteiger partial charge in [-0.25, -0.2) is 0 Å². The third-order valence-electron chi connectivity index (χ3n) is 1.89. The van der Waals surface area contributed by atoms with Crippen molar-refractivity contribution in [3.8, 4) is 0 Å². The van der Waals surface area contributed by atoms with Crippen LogP contribution in [0, 0.1) is 0 Å². The summed E-state index contributed by atoms with van der Waals surface area (Å²) in [6, 6.07) is 1.82. The van der Waals surface area contributed by atoms with Crippen molar-refractivity contribution >= 4 is 0 Å². The fourth-order valence-corrected chi connectivity index (χ4v) is 1.10. The molecule has 0 aliphatic heterocycles. The highest BCUT2D eigenvalue weighted by Crippen LogP contribution is 1.95. The normalized spacial score (nSPS) is 10.6. The van der Waals surface area contributed by atoms with Gasteiger partial charge in [0.2, 0.25) is 0 Å². The van der Waals surface area contributed by atoms with Crippen LogP contribution in [0.2, 0.25) is 0 Å². The van der Waals surface area contributed by atoms with E-state index in [9.17, 15) is 0 Å². The van der Waals surface area contributed by atoms with E-state index in [4.69, 9.17) is 4.52 Å². The molecule has 0 saturated carbocycles. The minimum absolute atomic E-state index is 0.670. The van der Waals surface area contributed by atoms with Crippen LogP contribution in [0.4, 0.5) is 0 Å². The fraction of sp³-hybridized carbons (Fsp3) is 0.375. The molecule has 2 heterocycles. The summed E-state index contributed by atoms with van der Waals surface area (Å²) in [6.07, 6.45) is 3.23. The molecule has 6 nitrogen and oxygen atoms in total. The van der Waals surface area contributed by atoms with Crippen LogP contribution >= 0.6 is 0 Å². The van der Waals surface area contributed by atoms with E-state index in [0.29, 0.717) is 13.1 Å². The van der Waals surface area contributed by atoms with Crippen LogP contribution in [-0.2, 0) is 20.1 Å². The Balaban J connectivity index is 1.81. The zero-order valence-electron chi connectivity index (χ0n) is 7.84. The number of aromatic nitrogens is 4. The van der Waals surface area contributed by atoms with Crippen LogP contribution in [0.15, 0.2) is 23.2 Å². The third-order valence-corrected chi connectivity index (χ3v) is 1.89. The Bertz CT molecular complexity index is 380. The first kappa shape index (κ1) is 8.89. The zero-order chi connectivity index (χ0) is 9.80. The summed E-state index contributed by atoms with van der Waals surface area (Å²) in [5.41, 5.74) is 0.882. The molecule has 74 valence electrons. The Labute approximate surface area is 80.9 Å². The van der Waals surface area contributed by atoms with Crippen molar-refractivity contribution in [2.75, 3.05) is 0 Å². The van der Waals surface area contributed by atoms with Crippen molar-refractivity contribution in [2.45, 2.75) is 13.1 Å². The highest BCUT2D eigenvalue weighted by atomic mass is 16.5. The molecule has 0 saturated heterocycles. The predicted molar refractivity (Wildman–Crippen MR) is 48.0 cm³/mol. The monoisotopic (exact) mass is 193 g/mol. The van der Waals surface area contributed by atoms with E-state index in [1.807, 2.05) is 17.7 Å². The predicted octanol–water partition coefficient (Wildman–Crippen LogP) is 0.0929. The molecular weight excluding hydrogens is 182 g/mol. The molecule has 1 N–H and O–H groups in total. The maximum Gasteiger partial charge on any atom is 0.146 e. The molecule has 0 bridgehead atoms. The number of nitrogens with zero attached hydrogens (tertiary/aromatic N) is 4. The lowest BCUT2D eigenvalue weighted by Crippen LogP contribution is -2.15. The molecule has 2 aromatic rings. The van der Waals surface area contributed by atoms with Crippen LogP contribution < -0.4 is 5.32 Å². The second-order valence-corrected chi connectivity index (χ2v) is 2.95. The largest absolute Gasteiger partial charge is 0.364 e. The van der Waals surface area contributed by atoms with Crippen molar-refractivity contribution in [3.63, 3.8) is 0 Å². The lowest BCUT2D eigenvalue weighted by molar-refractivity contribution is 0.408. The molecule has 0 aromatic carbocycles. The van der Waals surface area contributed by atoms with E-state index in [2.05, 4.69) is 20.7 Å². The summed E-state index contributed by atoms with van der Waals surface area (Å²) in [6.45, 7) is 1.34. The van der Waals surface area contributed by atoms with Gasteiger partial charge in [-0.2, -0.15) is 0 Å². The number of hydrogen-bond acceptors (Lipinski definition) is 5. The van der Waals surface area contributed by atoms with Gasteiger partial charge in [0.05, 0.1) is 12.2 Å². The highest BCUT2D eigenvalue weighted by molar-refractivity contribution is 4.94. The quantitative estimate of drug-likeness (QED) is 0.745. The Kier molecular flexibility index (Phi) is 2.55. The smallest absolute Gasteiger partial charge is 0.146 e. The van der Waals surface area contributed by atoms with E-state index < -0.39 is 0 Å². The van der Waals surface area contributed by atoms with Gasteiger partial charge in [-0.15, -0.1) is 10.2 Å². The summed E-state index contributed by atoms with van der Waals surface area (Å²) in [4.78, 5) is 0. The van der Waals surface area contributed by atoms with E-state index in [1.165, 1.54) is 0 Å². The minimum Gasteiger partial charge on any atom is -0.364 e. The van der Waals surface area contributed by atoms with Crippen molar-refractivity contribution in [1.82, 2.24) is 25.2 Å². The molecule has 0 radical (unpaired) electrons. The summed E-state index contributed by atoms with van der Waals surface area (Å²) >= 11 is 0. The van der Waals surface area contributed by atoms with E-state index in [-0.39, 0.29) is 0 Å². The lowest BCUT2D eigenvalue weighted by atomic mass is 10.4. The molecule has 0 fully saturated rings. The minimum atomic E-state index is 0.670. The number of rotatable bonds is 4. The van der Waals surface area contributed by atoms with Gasteiger partial charge in [0.15, 0.2) is 0 Å². The maximum absolute atomic E-state index is 4.70. The topological polar surface area (TPSA) is 68.8 Å². The standard InChI is InChI=1S/C8H11N5O/c1-13-6-10-11-8(13)5-9-4-7-2-3-14-12-7/h2-3,6,9H,4-5H2,1H3. The first-order valence-corrected chi connectivity index (χ1v) is 4.29. The molecule has 6 heteroatoms. The molecular formula is C8H11N5O. The Morgan fingerprint density at radius 1 is 1.50 bits per heavy atom. The summed E-state index contributed by atoms with van der Waals surface area (Å²) in [7, 11) is 1.91. The van der Waals surface area contributed by atoms with Gasteiger partial charge in [0.25, 0.3) is 0 Å². The molecule has 0 atom stereocenters. The van der Waals surface area contributed by atoms with Gasteiger partial charge >= 0.3 is 0 Å². The Morgan fingerprint density at radius 3 is 3.07 bits per heavy atom. The van der Waals surface area contributed by atoms with Gasteiger partial charge in [0.1, 0.15) is 18.4 Å². The summed E-state index contributed by atoms with van der Waals surface area (Å²) in [5.74, 6) is 0.897. The summed E-state index contributed by atoms with van der Waals surface area (Å²) < 4.78 is 6.57. The van der Waals surface area contributed by atoms with Gasteiger partial charge in [-0.05, 0) is 0 Å². The van der Waals surface area contributed by atoms with Gasteiger partial charge in [-0.1, -0.05) is 5.16 Å². The van der Waals surface area contributed by atoms with Gasteiger partial charge in [0, 0.05) is 19.7 Å². The molecule has 2 rings (SSSR count). The van der Waals surface area contributed by atoms with Crippen LogP contribution in [0.1, 0.15) is 11.5 Å². The van der Waals surface area contributed by atoms with Crippen LogP contribution in [0.5, 0.6) is 0 Å². The van der Waals surface area contributed by atoms with Crippen LogP contribution in [0.3, 0.4) is 0 Å². The van der Waals surface area contributed by atoms with Gasteiger partial charge in [-0.3, -0.25) is 0 Å². The number of hydrogen-bond donors (Lipinski definition) is 1. The van der Waals surface area contributed by atoms with Crippen LogP contribution in [0.25, 0.3) is 0 Å². The van der Waals surface area contributed by atoms with Crippen molar-refractivity contribution in [2.24, 2.45) is 7.05 Å². The van der Waals surface area contributed by atoms with Crippen molar-refractivity contribution < 1.29 is 4.52 Å². The average Bonchev–Trinajstić information content (AvgIpc) is 2.78. The average molecular weight is 193 g/mol. The first-order valence-electron chi connectivity index (χ1n) is 4.29. The Hall–Kier alpha value is -1.69. The third kappa shape index (κ3) is 1.97. The highest BCUT2D eigenvalue weighted by Gasteiger charge is 2.00. The van der Waals surface area contributed by atoms with E-state index >= 15 is 0 Å². The molecule has 0 spiro atoms. The molecule has 0 unspecified atom stereocenters. The SMILES string of the molecule is Cn1cnnc1CNCc1ccon1. The van der Waals surface area contributed by atoms with Gasteiger partial charge < -0.3 is 14.4 Å². The second-order valence-electron chi connectivity index (χ2n) is 2.95. The number of aryl methyl sites for hydroxylation is 1. The van der Waals surface area contributed by atoms with Crippen molar-refractivity contribution in [1.29, 1.82) is 0 Å². The molecule has 2 aromatic heterocycles. The van der Waals surface area contributed by atoms with E-state index in [1.54, 1.807) is 12.6 Å². The van der Waals surface area contributed by atoms with Crippen LogP contribution in [-0.4, -0.2) is 19.9 Å². The molecule has 0 amide bonds. The van der Waals surface area contributed by atoms with Crippen molar-refractivity contribution in [3.05, 3.63) is 30.2 Å². The summed E-state index contributed by atoms with van der Waals surface area (Å²) in [5, 5.41) is 14.7. The van der Waals surface area contributed by atoms with E-state index in [0.717, 1.165) is 11.5 Å². The maximum atomic E-state index is 4.70. The molecule has 14 heavy (non-hydrogen) atoms. The molecule has 0 aliphatic carbocycles. The first-order chi connectivity index (χ1) is 6.86. The second kappa shape index (κ2) is 4.01. The lowest BCUT2D eigenvalue weighted by Gasteiger charge is -2.00. The molecule has 0 aliphatic rings. The fourth-order valence-electron chi connectivity index (χ4n) is 1.10.